The van der Waals surface area contributed by atoms with Crippen LogP contribution in [0.1, 0.15) is 88.1 Å². The minimum Gasteiger partial charge on any atom is -0.508 e. The lowest BCUT2D eigenvalue weighted by Crippen LogP contribution is -2.55. The van der Waals surface area contributed by atoms with Crippen LogP contribution in [0.25, 0.3) is 11.1 Å². The monoisotopic (exact) mass is 1280 g/mol. The van der Waals surface area contributed by atoms with Crippen molar-refractivity contribution in [3.8, 4) is 80.1 Å². The van der Waals surface area contributed by atoms with Crippen LogP contribution in [0.3, 0.4) is 0 Å². The largest absolute Gasteiger partial charge is 0.508 e. The van der Waals surface area contributed by atoms with Crippen LogP contribution in [0.15, 0.2) is 115 Å². The minimum atomic E-state index is -2.11. The van der Waals surface area contributed by atoms with Crippen molar-refractivity contribution in [2.45, 2.75) is 67.7 Å². The average molecular weight is 1280 g/mol. The van der Waals surface area contributed by atoms with Crippen molar-refractivity contribution in [2.24, 2.45) is 11.5 Å². The van der Waals surface area contributed by atoms with Gasteiger partial charge in [0.15, 0.2) is 23.0 Å². The number of likely N-dealkylation sites (N-methyl/N-ethyl adjacent to an activating group) is 1. The van der Waals surface area contributed by atoms with Gasteiger partial charge < -0.3 is 98.3 Å². The molecule has 26 nitrogen and oxygen atoms in total. The van der Waals surface area contributed by atoms with Crippen molar-refractivity contribution in [1.82, 2.24) is 37.2 Å². The Bertz CT molecular complexity index is 4150. The number of halogens is 2. The summed E-state index contributed by atoms with van der Waals surface area (Å²) in [6, 6.07) is 10.3. The summed E-state index contributed by atoms with van der Waals surface area (Å²) in [5, 5.41) is 86.5. The van der Waals surface area contributed by atoms with Crippen molar-refractivity contribution < 1.29 is 83.1 Å². The predicted molar refractivity (Wildman–Crippen MR) is 323 cm³/mol. The second-order valence-electron chi connectivity index (χ2n) is 21.7. The van der Waals surface area contributed by atoms with E-state index in [1.807, 2.05) is 0 Å². The van der Waals surface area contributed by atoms with Gasteiger partial charge >= 0.3 is 0 Å². The molecule has 0 fully saturated rings. The molecule has 7 aromatic carbocycles. The van der Waals surface area contributed by atoms with E-state index in [1.165, 1.54) is 85.9 Å². The first-order valence-corrected chi connectivity index (χ1v) is 29.0. The Morgan fingerprint density at radius 3 is 1.86 bits per heavy atom. The van der Waals surface area contributed by atoms with Crippen LogP contribution in [0.5, 0.6) is 69.0 Å². The number of hydrogen-bond donors (Lipinski definition) is 15. The summed E-state index contributed by atoms with van der Waals surface area (Å²) in [4.78, 5) is 105. The molecule has 7 aromatic rings. The molecule has 6 heterocycles. The normalized spacial score (nSPS) is 21.3. The van der Waals surface area contributed by atoms with E-state index in [4.69, 9.17) is 53.6 Å². The van der Waals surface area contributed by atoms with Crippen LogP contribution in [-0.2, 0) is 40.0 Å². The fraction of sp³-hybridized carbons (Fsp3) is 0.222. The van der Waals surface area contributed by atoms with Crippen LogP contribution in [0, 0.1) is 0 Å². The predicted octanol–water partition coefficient (Wildman–Crippen LogP) is 5.06. The SMILES string of the molecule is CNC(=O)[C@@H]1NC(=O)[C@H]2NC(=O)[C@H](NC(=O)[C@@H]3NC(=O)[C@H]4NC(=O)[C@@H](Cc5ccc(c(Cl)c5)Oc5cc3cc(c5OCCCCN)Oc3ccc(cc3Cl)[C@H]2O)NC(=O)[C@@H](N)c2ccc(O)c(c2)Oc2cc(O)cc4c2)c2ccc(O)c(c2)-c2c(O)cc(O)cc21. The van der Waals surface area contributed by atoms with Gasteiger partial charge in [-0.25, -0.2) is 0 Å². The summed E-state index contributed by atoms with van der Waals surface area (Å²) in [6.45, 7) is 0.267. The Morgan fingerprint density at radius 2 is 1.18 bits per heavy atom. The van der Waals surface area contributed by atoms with Gasteiger partial charge in [0.2, 0.25) is 47.1 Å². The van der Waals surface area contributed by atoms with Crippen molar-refractivity contribution in [1.29, 1.82) is 0 Å². The number of unbranched alkanes of at least 4 members (excludes halogenated alkanes) is 1. The molecule has 0 aromatic heterocycles. The van der Waals surface area contributed by atoms with Gasteiger partial charge in [-0.2, -0.15) is 0 Å². The molecule has 17 N–H and O–H groups in total. The standard InChI is InChI=1S/C63H57Cl2N9O17/c1-68-59(83)53-36-24-33(76)25-42(79)48(36)35-18-28(6-8-40(35)77)50-60(84)74-54(63(87)73-53)55(80)29-7-11-44(38(65)19-29)91-47-22-31-21-46(56(47)88-13-3-2-12-66)90-43-10-4-26(14-37(43)64)15-39-57(81)70-51(61(85)72-52(31)62(86)71-50)30-16-32(75)23-34(17-30)89-45-20-27(5-9-41(45)78)49(67)58(82)69-39/h4-11,14,16-25,39,49-55,75-80H,2-3,12-13,15,66-67H2,1H3,(H,68,83)(H,69,82)(H,70,81)(H,71,86)(H,72,85)(H,73,87)(H,74,84)/t39-,49+,50-,51+,52-,53-,54+,55-/m1/s1. The zero-order valence-corrected chi connectivity index (χ0v) is 49.2. The fourth-order valence-corrected chi connectivity index (χ4v) is 11.4. The molecule has 470 valence electrons. The lowest BCUT2D eigenvalue weighted by Gasteiger charge is -2.31. The van der Waals surface area contributed by atoms with E-state index in [9.17, 15) is 45.0 Å². The van der Waals surface area contributed by atoms with Crippen molar-refractivity contribution >= 4 is 64.6 Å². The first kappa shape index (κ1) is 62.1. The van der Waals surface area contributed by atoms with Gasteiger partial charge in [-0.15, -0.1) is 0 Å². The van der Waals surface area contributed by atoms with Crippen LogP contribution >= 0.6 is 23.2 Å². The highest BCUT2D eigenvalue weighted by Crippen LogP contribution is 2.49. The second-order valence-corrected chi connectivity index (χ2v) is 22.5. The molecule has 7 amide bonds. The molecule has 6 aliphatic rings. The molecule has 0 saturated carbocycles. The molecule has 91 heavy (non-hydrogen) atoms. The van der Waals surface area contributed by atoms with Crippen molar-refractivity contribution in [3.63, 3.8) is 0 Å². The number of aromatic hydroxyl groups is 5. The van der Waals surface area contributed by atoms with Gasteiger partial charge in [-0.3, -0.25) is 33.6 Å². The molecule has 0 aliphatic carbocycles. The lowest BCUT2D eigenvalue weighted by molar-refractivity contribution is -0.137. The van der Waals surface area contributed by atoms with Gasteiger partial charge in [-0.1, -0.05) is 47.5 Å². The number of phenolic OH excluding ortho intramolecular Hbond substituents is 5. The molecule has 0 spiro atoms. The van der Waals surface area contributed by atoms with Gasteiger partial charge in [0.25, 0.3) is 0 Å². The van der Waals surface area contributed by atoms with E-state index in [0.29, 0.717) is 18.4 Å². The van der Waals surface area contributed by atoms with E-state index < -0.39 is 118 Å². The van der Waals surface area contributed by atoms with Crippen LogP contribution in [0.2, 0.25) is 10.0 Å². The first-order chi connectivity index (χ1) is 43.5. The number of aliphatic hydroxyl groups is 1. The zero-order valence-electron chi connectivity index (χ0n) is 47.7. The molecule has 28 heteroatoms. The number of amides is 7. The number of aliphatic hydroxyl groups excluding tert-OH is 1. The third-order valence-corrected chi connectivity index (χ3v) is 16.1. The number of carbonyl (C=O) groups is 7. The Hall–Kier alpha value is -10.5. The molecular weight excluding hydrogens is 1230 g/mol. The number of phenols is 5. The highest BCUT2D eigenvalue weighted by molar-refractivity contribution is 6.32. The average Bonchev–Trinajstić information content (AvgIpc) is 0.839. The van der Waals surface area contributed by atoms with E-state index >= 15 is 19.2 Å². The van der Waals surface area contributed by atoms with Crippen molar-refractivity contribution in [2.75, 3.05) is 20.2 Å². The summed E-state index contributed by atoms with van der Waals surface area (Å²) in [5.74, 6) is -11.9. The topological polar surface area (TPSA) is 414 Å². The quantitative estimate of drug-likeness (QED) is 0.0967. The Labute approximate surface area is 526 Å². The van der Waals surface area contributed by atoms with E-state index in [0.717, 1.165) is 36.4 Å². The zero-order chi connectivity index (χ0) is 64.7. The van der Waals surface area contributed by atoms with Gasteiger partial charge in [0, 0.05) is 36.7 Å². The Kier molecular flexibility index (Phi) is 17.4. The maximum Gasteiger partial charge on any atom is 0.248 e. The highest BCUT2D eigenvalue weighted by atomic mass is 35.5. The number of ether oxygens (including phenoxy) is 4. The number of fused-ring (bicyclic) bond motifs is 14. The smallest absolute Gasteiger partial charge is 0.248 e. The Morgan fingerprint density at radius 1 is 0.571 bits per heavy atom. The van der Waals surface area contributed by atoms with Crippen LogP contribution in [-0.4, -0.2) is 104 Å². The van der Waals surface area contributed by atoms with Crippen LogP contribution < -0.4 is 67.6 Å². The molecule has 0 unspecified atom stereocenters. The second kappa shape index (κ2) is 25.5. The number of rotatable bonds is 6. The number of hydrogen-bond acceptors (Lipinski definition) is 19. The van der Waals surface area contributed by atoms with Crippen molar-refractivity contribution in [3.05, 3.63) is 164 Å². The van der Waals surface area contributed by atoms with Gasteiger partial charge in [-0.05, 0) is 137 Å². The molecule has 6 aliphatic heterocycles. The molecule has 8 atom stereocenters. The summed E-state index contributed by atoms with van der Waals surface area (Å²) >= 11 is 14.1. The molecule has 13 rings (SSSR count). The van der Waals surface area contributed by atoms with Gasteiger partial charge in [0.1, 0.15) is 88.6 Å². The molecular formula is C63H57Cl2N9O17. The Balaban J connectivity index is 1.17. The summed E-state index contributed by atoms with van der Waals surface area (Å²) < 4.78 is 25.6. The number of nitrogens with two attached hydrogens (primary N) is 2. The highest BCUT2D eigenvalue weighted by Gasteiger charge is 2.41. The van der Waals surface area contributed by atoms with Gasteiger partial charge in [0.05, 0.1) is 16.7 Å². The third kappa shape index (κ3) is 12.7. The van der Waals surface area contributed by atoms with E-state index in [-0.39, 0.29) is 114 Å². The maximum absolute atomic E-state index is 16.0. The number of nitrogens with one attached hydrogen (secondary N) is 7. The molecule has 17 bridgehead atoms. The van der Waals surface area contributed by atoms with E-state index in [1.54, 1.807) is 0 Å². The van der Waals surface area contributed by atoms with Crippen LogP contribution in [0.4, 0.5) is 0 Å². The minimum absolute atomic E-state index is 0.0211. The molecule has 0 radical (unpaired) electrons. The summed E-state index contributed by atoms with van der Waals surface area (Å²) in [5.41, 5.74) is 11.1. The number of benzene rings is 7. The van der Waals surface area contributed by atoms with E-state index in [2.05, 4.69) is 37.2 Å². The number of carbonyl (C=O) groups excluding carboxylic acids is 7. The first-order valence-electron chi connectivity index (χ1n) is 28.2. The molecule has 0 saturated heterocycles. The summed E-state index contributed by atoms with van der Waals surface area (Å²) in [6.07, 6.45) is -1.49. The lowest BCUT2D eigenvalue weighted by atomic mass is 9.89. The maximum atomic E-state index is 16.0. The third-order valence-electron chi connectivity index (χ3n) is 15.5. The fourth-order valence-electron chi connectivity index (χ4n) is 10.9. The summed E-state index contributed by atoms with van der Waals surface area (Å²) in [7, 11) is 1.23.